The first-order valence-corrected chi connectivity index (χ1v) is 7.79. The third-order valence-corrected chi connectivity index (χ3v) is 5.19. The van der Waals surface area contributed by atoms with Crippen molar-refractivity contribution in [2.24, 2.45) is 0 Å². The lowest BCUT2D eigenvalue weighted by Gasteiger charge is -2.41. The Morgan fingerprint density at radius 1 is 0.588 bits per heavy atom. The van der Waals surface area contributed by atoms with Crippen LogP contribution in [0.5, 0.6) is 0 Å². The Bertz CT molecular complexity index is 201. The summed E-state index contributed by atoms with van der Waals surface area (Å²) in [4.78, 5) is 0. The van der Waals surface area contributed by atoms with Crippen LogP contribution < -0.4 is 0 Å². The largest absolute Gasteiger partial charge is 0.326 e. The van der Waals surface area contributed by atoms with Crippen molar-refractivity contribution in [1.29, 1.82) is 0 Å². The summed E-state index contributed by atoms with van der Waals surface area (Å²) in [6, 6.07) is 0. The van der Waals surface area contributed by atoms with Crippen LogP contribution in [0.3, 0.4) is 0 Å². The van der Waals surface area contributed by atoms with Gasteiger partial charge < -0.3 is 8.97 Å². The SMILES string of the molecule is C[N+]1(CCC[N+]2(C)CCCCC2)CCCCC1. The third kappa shape index (κ3) is 3.96. The van der Waals surface area contributed by atoms with E-state index in [1.807, 2.05) is 0 Å². The van der Waals surface area contributed by atoms with Gasteiger partial charge in [-0.3, -0.25) is 0 Å². The summed E-state index contributed by atoms with van der Waals surface area (Å²) in [5, 5.41) is 0. The Balaban J connectivity index is 1.70. The van der Waals surface area contributed by atoms with Gasteiger partial charge in [0.25, 0.3) is 0 Å². The van der Waals surface area contributed by atoms with Crippen LogP contribution in [-0.2, 0) is 0 Å². The van der Waals surface area contributed by atoms with Crippen LogP contribution in [0.15, 0.2) is 0 Å². The summed E-state index contributed by atoms with van der Waals surface area (Å²) in [5.74, 6) is 0. The van der Waals surface area contributed by atoms with Crippen LogP contribution in [-0.4, -0.2) is 62.3 Å². The van der Waals surface area contributed by atoms with E-state index in [2.05, 4.69) is 14.1 Å². The van der Waals surface area contributed by atoms with Crippen LogP contribution >= 0.6 is 0 Å². The highest BCUT2D eigenvalue weighted by molar-refractivity contribution is 4.54. The van der Waals surface area contributed by atoms with Crippen molar-refractivity contribution in [2.75, 3.05) is 53.4 Å². The molecule has 17 heavy (non-hydrogen) atoms. The van der Waals surface area contributed by atoms with E-state index in [1.54, 1.807) is 0 Å². The van der Waals surface area contributed by atoms with Crippen molar-refractivity contribution >= 4 is 0 Å². The van der Waals surface area contributed by atoms with Crippen LogP contribution in [0.2, 0.25) is 0 Å². The summed E-state index contributed by atoms with van der Waals surface area (Å²) >= 11 is 0. The maximum atomic E-state index is 2.48. The van der Waals surface area contributed by atoms with Gasteiger partial charge in [0.2, 0.25) is 0 Å². The van der Waals surface area contributed by atoms with Crippen molar-refractivity contribution in [2.45, 2.75) is 44.9 Å². The van der Waals surface area contributed by atoms with Gasteiger partial charge in [0.05, 0.1) is 53.4 Å². The lowest BCUT2D eigenvalue weighted by atomic mass is 10.1. The van der Waals surface area contributed by atoms with E-state index >= 15 is 0 Å². The lowest BCUT2D eigenvalue weighted by Crippen LogP contribution is -2.52. The molecule has 2 nitrogen and oxygen atoms in total. The molecule has 2 aliphatic rings. The highest BCUT2D eigenvalue weighted by Crippen LogP contribution is 2.19. The molecule has 2 heterocycles. The lowest BCUT2D eigenvalue weighted by molar-refractivity contribution is -0.932. The Kier molecular flexibility index (Phi) is 4.48. The molecule has 0 spiro atoms. The van der Waals surface area contributed by atoms with Crippen LogP contribution in [0.1, 0.15) is 44.9 Å². The van der Waals surface area contributed by atoms with Crippen molar-refractivity contribution in [3.8, 4) is 0 Å². The molecule has 0 aromatic heterocycles. The first kappa shape index (κ1) is 13.4. The summed E-state index contributed by atoms with van der Waals surface area (Å²) in [7, 11) is 4.96. The van der Waals surface area contributed by atoms with Crippen LogP contribution in [0.25, 0.3) is 0 Å². The molecule has 2 heteroatoms. The number of nitrogens with zero attached hydrogens (tertiary/aromatic N) is 2. The molecule has 0 radical (unpaired) electrons. The summed E-state index contributed by atoms with van der Waals surface area (Å²) < 4.78 is 2.72. The van der Waals surface area contributed by atoms with E-state index in [-0.39, 0.29) is 0 Å². The van der Waals surface area contributed by atoms with Gasteiger partial charge in [-0.15, -0.1) is 0 Å². The van der Waals surface area contributed by atoms with Gasteiger partial charge in [-0.25, -0.2) is 0 Å². The number of hydrogen-bond acceptors (Lipinski definition) is 0. The molecule has 0 aromatic rings. The van der Waals surface area contributed by atoms with Crippen molar-refractivity contribution in [3.63, 3.8) is 0 Å². The predicted molar refractivity (Wildman–Crippen MR) is 73.9 cm³/mol. The molecule has 0 amide bonds. The molecule has 0 bridgehead atoms. The molecule has 0 atom stereocenters. The fourth-order valence-electron chi connectivity index (χ4n) is 3.83. The van der Waals surface area contributed by atoms with Crippen molar-refractivity contribution in [3.05, 3.63) is 0 Å². The minimum absolute atomic E-state index is 1.36. The standard InChI is InChI=1S/C15H32N2/c1-16(10-5-3-6-11-16)14-9-15-17(2)12-7-4-8-13-17/h3-15H2,1-2H3/q+2. The summed E-state index contributed by atoms with van der Waals surface area (Å²) in [6.07, 6.45) is 10.2. The number of quaternary nitrogens is 2. The topological polar surface area (TPSA) is 0 Å². The second kappa shape index (κ2) is 5.71. The predicted octanol–water partition coefficient (Wildman–Crippen LogP) is 2.64. The molecular formula is C15H32N2+2. The molecule has 0 unspecified atom stereocenters. The molecule has 0 saturated carbocycles. The van der Waals surface area contributed by atoms with Gasteiger partial charge in [-0.05, 0) is 38.5 Å². The van der Waals surface area contributed by atoms with Gasteiger partial charge in [-0.2, -0.15) is 0 Å². The average Bonchev–Trinajstić information content (AvgIpc) is 2.30. The normalized spacial score (nSPS) is 27.9. The molecule has 2 aliphatic heterocycles. The van der Waals surface area contributed by atoms with Gasteiger partial charge in [-0.1, -0.05) is 0 Å². The first-order valence-electron chi connectivity index (χ1n) is 7.79. The molecule has 0 aromatic carbocycles. The van der Waals surface area contributed by atoms with E-state index in [0.717, 1.165) is 0 Å². The van der Waals surface area contributed by atoms with E-state index in [0.29, 0.717) is 0 Å². The van der Waals surface area contributed by atoms with E-state index in [4.69, 9.17) is 0 Å². The fraction of sp³-hybridized carbons (Fsp3) is 1.00. The molecule has 0 N–H and O–H groups in total. The Hall–Kier alpha value is -0.0800. The second-order valence-electron chi connectivity index (χ2n) is 7.06. The van der Waals surface area contributed by atoms with Gasteiger partial charge in [0, 0.05) is 6.42 Å². The molecule has 2 fully saturated rings. The average molecular weight is 240 g/mol. The highest BCUT2D eigenvalue weighted by atomic mass is 15.4. The first-order chi connectivity index (χ1) is 8.12. The molecular weight excluding hydrogens is 208 g/mol. The second-order valence-corrected chi connectivity index (χ2v) is 7.06. The molecule has 2 rings (SSSR count). The zero-order valence-electron chi connectivity index (χ0n) is 12.1. The monoisotopic (exact) mass is 240 g/mol. The Morgan fingerprint density at radius 2 is 0.941 bits per heavy atom. The maximum Gasteiger partial charge on any atom is 0.0838 e. The van der Waals surface area contributed by atoms with Crippen molar-refractivity contribution < 1.29 is 8.97 Å². The van der Waals surface area contributed by atoms with E-state index in [1.165, 1.54) is 93.2 Å². The summed E-state index contributed by atoms with van der Waals surface area (Å²) in [6.45, 7) is 8.59. The molecule has 0 aliphatic carbocycles. The Morgan fingerprint density at radius 3 is 1.29 bits per heavy atom. The van der Waals surface area contributed by atoms with Crippen LogP contribution in [0, 0.1) is 0 Å². The fourth-order valence-corrected chi connectivity index (χ4v) is 3.83. The molecule has 2 saturated heterocycles. The van der Waals surface area contributed by atoms with E-state index in [9.17, 15) is 0 Å². The smallest absolute Gasteiger partial charge is 0.0838 e. The van der Waals surface area contributed by atoms with Crippen LogP contribution in [0.4, 0.5) is 0 Å². The zero-order chi connectivity index (χ0) is 12.2. The minimum atomic E-state index is 1.36. The highest BCUT2D eigenvalue weighted by Gasteiger charge is 2.28. The quantitative estimate of drug-likeness (QED) is 0.663. The van der Waals surface area contributed by atoms with E-state index < -0.39 is 0 Å². The van der Waals surface area contributed by atoms with Gasteiger partial charge in [0.1, 0.15) is 0 Å². The summed E-state index contributed by atoms with van der Waals surface area (Å²) in [5.41, 5.74) is 0. The maximum absolute atomic E-state index is 2.48. The molecule has 100 valence electrons. The minimum Gasteiger partial charge on any atom is -0.326 e. The number of rotatable bonds is 4. The number of piperidine rings is 2. The third-order valence-electron chi connectivity index (χ3n) is 5.19. The van der Waals surface area contributed by atoms with Gasteiger partial charge >= 0.3 is 0 Å². The van der Waals surface area contributed by atoms with Crippen molar-refractivity contribution in [1.82, 2.24) is 0 Å². The number of hydrogen-bond donors (Lipinski definition) is 0. The Labute approximate surface area is 108 Å². The van der Waals surface area contributed by atoms with Gasteiger partial charge in [0.15, 0.2) is 0 Å². The zero-order valence-corrected chi connectivity index (χ0v) is 12.1. The number of likely N-dealkylation sites (tertiary alicyclic amines) is 2.